The predicted octanol–water partition coefficient (Wildman–Crippen LogP) is 6.67. The van der Waals surface area contributed by atoms with E-state index in [-0.39, 0.29) is 11.8 Å². The highest BCUT2D eigenvalue weighted by Gasteiger charge is 2.45. The molecule has 3 aromatic carbocycles. The largest absolute Gasteiger partial charge is 0.338 e. The molecule has 1 atom stereocenters. The van der Waals surface area contributed by atoms with E-state index in [0.717, 1.165) is 69.4 Å². The van der Waals surface area contributed by atoms with E-state index in [1.54, 1.807) is 17.0 Å². The number of para-hydroxylation sites is 1. The summed E-state index contributed by atoms with van der Waals surface area (Å²) in [7, 11) is 0. The first-order valence-corrected chi connectivity index (χ1v) is 14.8. The van der Waals surface area contributed by atoms with Crippen LogP contribution in [0.5, 0.6) is 0 Å². The van der Waals surface area contributed by atoms with Crippen LogP contribution in [0.2, 0.25) is 0 Å². The SMILES string of the molecule is CCN(CC)CCCCCCOC1(NC(=O)c2ccccc2)CCCc2ccccc2N1C(=O)c1ccccc1. The lowest BCUT2D eigenvalue weighted by molar-refractivity contribution is -0.0685. The van der Waals surface area contributed by atoms with Crippen LogP contribution in [0.15, 0.2) is 84.9 Å². The van der Waals surface area contributed by atoms with Crippen molar-refractivity contribution in [3.63, 3.8) is 0 Å². The van der Waals surface area contributed by atoms with Gasteiger partial charge in [0.1, 0.15) is 0 Å². The topological polar surface area (TPSA) is 61.9 Å². The van der Waals surface area contributed by atoms with Crippen molar-refractivity contribution in [2.75, 3.05) is 31.1 Å². The molecule has 3 aromatic rings. The smallest absolute Gasteiger partial charge is 0.262 e. The van der Waals surface area contributed by atoms with Crippen molar-refractivity contribution in [3.8, 4) is 0 Å². The highest BCUT2D eigenvalue weighted by atomic mass is 16.5. The number of nitrogens with one attached hydrogen (secondary N) is 1. The normalized spacial score (nSPS) is 16.8. The number of benzene rings is 3. The Kier molecular flexibility index (Phi) is 10.9. The van der Waals surface area contributed by atoms with Gasteiger partial charge < -0.3 is 15.0 Å². The molecule has 2 amide bonds. The molecule has 0 aromatic heterocycles. The first-order valence-electron chi connectivity index (χ1n) is 14.8. The van der Waals surface area contributed by atoms with E-state index in [1.807, 2.05) is 66.7 Å². The number of carbonyl (C=O) groups excluding carboxylic acids is 2. The first-order chi connectivity index (χ1) is 19.6. The Balaban J connectivity index is 1.61. The molecule has 1 aliphatic rings. The van der Waals surface area contributed by atoms with Gasteiger partial charge in [-0.25, -0.2) is 0 Å². The summed E-state index contributed by atoms with van der Waals surface area (Å²) < 4.78 is 6.69. The van der Waals surface area contributed by atoms with Gasteiger partial charge in [-0.05, 0) is 81.2 Å². The third-order valence-corrected chi connectivity index (χ3v) is 7.73. The molecule has 4 rings (SSSR count). The van der Waals surface area contributed by atoms with Crippen molar-refractivity contribution < 1.29 is 14.3 Å². The summed E-state index contributed by atoms with van der Waals surface area (Å²) in [4.78, 5) is 32.0. The number of rotatable bonds is 13. The summed E-state index contributed by atoms with van der Waals surface area (Å²) >= 11 is 0. The predicted molar refractivity (Wildman–Crippen MR) is 161 cm³/mol. The van der Waals surface area contributed by atoms with Crippen molar-refractivity contribution in [2.45, 2.75) is 64.6 Å². The van der Waals surface area contributed by atoms with Crippen molar-refractivity contribution in [2.24, 2.45) is 0 Å². The van der Waals surface area contributed by atoms with Crippen LogP contribution in [0.4, 0.5) is 5.69 Å². The lowest BCUT2D eigenvalue weighted by Crippen LogP contribution is -2.64. The van der Waals surface area contributed by atoms with Gasteiger partial charge >= 0.3 is 0 Å². The van der Waals surface area contributed by atoms with Crippen molar-refractivity contribution in [1.29, 1.82) is 0 Å². The molecule has 1 N–H and O–H groups in total. The van der Waals surface area contributed by atoms with Crippen molar-refractivity contribution in [3.05, 3.63) is 102 Å². The van der Waals surface area contributed by atoms with Crippen LogP contribution in [-0.2, 0) is 11.2 Å². The molecule has 1 unspecified atom stereocenters. The second-order valence-corrected chi connectivity index (χ2v) is 10.4. The number of ether oxygens (including phenoxy) is 1. The molecular formula is C34H43N3O3. The highest BCUT2D eigenvalue weighted by molar-refractivity contribution is 6.08. The van der Waals surface area contributed by atoms with Crippen LogP contribution in [0.25, 0.3) is 0 Å². The fourth-order valence-corrected chi connectivity index (χ4v) is 5.45. The van der Waals surface area contributed by atoms with Crippen LogP contribution in [-0.4, -0.2) is 48.8 Å². The zero-order valence-corrected chi connectivity index (χ0v) is 24.0. The molecule has 0 radical (unpaired) electrons. The number of unbranched alkanes of at least 4 members (excludes halogenated alkanes) is 3. The zero-order valence-electron chi connectivity index (χ0n) is 24.0. The van der Waals surface area contributed by atoms with Gasteiger partial charge in [0.05, 0.1) is 12.3 Å². The van der Waals surface area contributed by atoms with E-state index < -0.39 is 5.85 Å². The zero-order chi connectivity index (χ0) is 28.2. The number of anilines is 1. The maximum absolute atomic E-state index is 14.2. The van der Waals surface area contributed by atoms with Crippen LogP contribution < -0.4 is 10.2 Å². The number of aryl methyl sites for hydroxylation is 1. The molecule has 6 heteroatoms. The second-order valence-electron chi connectivity index (χ2n) is 10.4. The average molecular weight is 542 g/mol. The van der Waals surface area contributed by atoms with Crippen molar-refractivity contribution >= 4 is 17.5 Å². The lowest BCUT2D eigenvalue weighted by atomic mass is 10.1. The number of carbonyl (C=O) groups is 2. The summed E-state index contributed by atoms with van der Waals surface area (Å²) in [6.07, 6.45) is 6.23. The van der Waals surface area contributed by atoms with E-state index in [9.17, 15) is 9.59 Å². The molecule has 1 aliphatic heterocycles. The van der Waals surface area contributed by atoms with E-state index in [1.165, 1.54) is 0 Å². The monoisotopic (exact) mass is 541 g/mol. The molecule has 0 saturated heterocycles. The second kappa shape index (κ2) is 14.8. The molecule has 6 nitrogen and oxygen atoms in total. The molecule has 0 aliphatic carbocycles. The third-order valence-electron chi connectivity index (χ3n) is 7.73. The fraction of sp³-hybridized carbons (Fsp3) is 0.412. The van der Waals surface area contributed by atoms with Crippen molar-refractivity contribution in [1.82, 2.24) is 10.2 Å². The van der Waals surface area contributed by atoms with Gasteiger partial charge in [0.25, 0.3) is 11.8 Å². The van der Waals surface area contributed by atoms with Crippen LogP contribution in [0, 0.1) is 0 Å². The Labute approximate surface area is 239 Å². The Bertz CT molecular complexity index is 1210. The van der Waals surface area contributed by atoms with Gasteiger partial charge in [-0.15, -0.1) is 0 Å². The quantitative estimate of drug-likeness (QED) is 0.194. The van der Waals surface area contributed by atoms with E-state index in [4.69, 9.17) is 4.74 Å². The number of fused-ring (bicyclic) bond motifs is 1. The Hall–Kier alpha value is -3.48. The summed E-state index contributed by atoms with van der Waals surface area (Å²) in [6, 6.07) is 26.4. The van der Waals surface area contributed by atoms with Gasteiger partial charge in [0.2, 0.25) is 5.85 Å². The van der Waals surface area contributed by atoms with Crippen LogP contribution in [0.3, 0.4) is 0 Å². The Morgan fingerprint density at radius 1 is 0.825 bits per heavy atom. The Morgan fingerprint density at radius 3 is 2.15 bits per heavy atom. The molecule has 212 valence electrons. The number of nitrogens with zero attached hydrogens (tertiary/aromatic N) is 2. The minimum Gasteiger partial charge on any atom is -0.338 e. The van der Waals surface area contributed by atoms with Gasteiger partial charge in [0.15, 0.2) is 0 Å². The van der Waals surface area contributed by atoms with Crippen LogP contribution in [0.1, 0.15) is 78.7 Å². The summed E-state index contributed by atoms with van der Waals surface area (Å²) in [6.45, 7) is 8.12. The molecular weight excluding hydrogens is 498 g/mol. The summed E-state index contributed by atoms with van der Waals surface area (Å²) in [5, 5.41) is 3.20. The van der Waals surface area contributed by atoms with Gasteiger partial charge in [-0.2, -0.15) is 0 Å². The Morgan fingerprint density at radius 2 is 1.45 bits per heavy atom. The molecule has 0 saturated carbocycles. The van der Waals surface area contributed by atoms with E-state index in [2.05, 4.69) is 30.1 Å². The number of amides is 2. The maximum Gasteiger partial charge on any atom is 0.262 e. The average Bonchev–Trinajstić information content (AvgIpc) is 3.15. The molecule has 0 spiro atoms. The van der Waals surface area contributed by atoms with Crippen LogP contribution >= 0.6 is 0 Å². The standard InChI is InChI=1S/C34H43N3O3/c1-3-36(4-2)26-15-5-6-16-27-40-34(35-32(38)29-19-9-7-10-20-29)25-17-23-28-18-13-14-24-31(28)37(34)33(39)30-21-11-8-12-22-30/h7-14,18-22,24H,3-6,15-17,23,25-27H2,1-2H3,(H,35,38). The minimum atomic E-state index is -1.31. The molecule has 0 bridgehead atoms. The fourth-order valence-electron chi connectivity index (χ4n) is 5.45. The minimum absolute atomic E-state index is 0.192. The van der Waals surface area contributed by atoms with Gasteiger partial charge in [0, 0.05) is 17.5 Å². The number of hydrogen-bond donors (Lipinski definition) is 1. The maximum atomic E-state index is 14.2. The summed E-state index contributed by atoms with van der Waals surface area (Å²) in [5.41, 5.74) is 2.94. The van der Waals surface area contributed by atoms with Gasteiger partial charge in [-0.1, -0.05) is 81.3 Å². The lowest BCUT2D eigenvalue weighted by Gasteiger charge is -2.43. The highest BCUT2D eigenvalue weighted by Crippen LogP contribution is 2.37. The molecule has 0 fully saturated rings. The molecule has 40 heavy (non-hydrogen) atoms. The van der Waals surface area contributed by atoms with E-state index >= 15 is 0 Å². The molecule has 1 heterocycles. The summed E-state index contributed by atoms with van der Waals surface area (Å²) in [5.74, 6) is -1.76. The van der Waals surface area contributed by atoms with E-state index in [0.29, 0.717) is 24.2 Å². The number of hydrogen-bond acceptors (Lipinski definition) is 4. The first kappa shape index (κ1) is 29.5. The van der Waals surface area contributed by atoms with Gasteiger partial charge in [-0.3, -0.25) is 14.5 Å². The third kappa shape index (κ3) is 7.38.